The Morgan fingerprint density at radius 3 is 2.35 bits per heavy atom. The Hall–Kier alpha value is -1.44. The Kier molecular flexibility index (Phi) is 8.22. The molecule has 1 rings (SSSR count). The van der Waals surface area contributed by atoms with Crippen molar-refractivity contribution in [3.63, 3.8) is 0 Å². The van der Waals surface area contributed by atoms with E-state index in [2.05, 4.69) is 5.32 Å². The quantitative estimate of drug-likeness (QED) is 0.675. The molecule has 0 aliphatic carbocycles. The molecule has 0 bridgehead atoms. The van der Waals surface area contributed by atoms with Gasteiger partial charge in [-0.05, 0) is 32.5 Å². The summed E-state index contributed by atoms with van der Waals surface area (Å²) in [6.07, 6.45) is 2.61. The fraction of sp³-hybridized carbons (Fsp3) is 0.562. The van der Waals surface area contributed by atoms with Crippen LogP contribution in [-0.4, -0.2) is 70.1 Å². The Balaban J connectivity index is 2.45. The van der Waals surface area contributed by atoms with Crippen LogP contribution in [0.2, 0.25) is 0 Å². The van der Waals surface area contributed by atoms with Gasteiger partial charge in [0.05, 0.1) is 12.8 Å². The molecule has 0 radical (unpaired) electrons. The molecule has 130 valence electrons. The number of aryl methyl sites for hydroxylation is 1. The molecule has 0 unspecified atom stereocenters. The maximum atomic E-state index is 11.9. The summed E-state index contributed by atoms with van der Waals surface area (Å²) in [5.74, 6) is -0.267. The van der Waals surface area contributed by atoms with Crippen molar-refractivity contribution in [2.75, 3.05) is 46.5 Å². The van der Waals surface area contributed by atoms with E-state index in [1.54, 1.807) is 0 Å². The highest BCUT2D eigenvalue weighted by molar-refractivity contribution is 7.88. The molecule has 1 aromatic carbocycles. The average Bonchev–Trinajstić information content (AvgIpc) is 2.46. The minimum atomic E-state index is -3.39. The lowest BCUT2D eigenvalue weighted by atomic mass is 10.1. The maximum absolute atomic E-state index is 11.9. The summed E-state index contributed by atoms with van der Waals surface area (Å²) in [5.41, 5.74) is 1.16. The van der Waals surface area contributed by atoms with Gasteiger partial charge in [-0.25, -0.2) is 8.42 Å². The van der Waals surface area contributed by atoms with Crippen LogP contribution in [0.3, 0.4) is 0 Å². The highest BCUT2D eigenvalue weighted by atomic mass is 32.2. The second kappa shape index (κ2) is 9.64. The van der Waals surface area contributed by atoms with Crippen molar-refractivity contribution >= 4 is 15.9 Å². The van der Waals surface area contributed by atoms with Gasteiger partial charge in [0.15, 0.2) is 0 Å². The third-order valence-corrected chi connectivity index (χ3v) is 4.64. The minimum absolute atomic E-state index is 0.124. The average molecular weight is 341 g/mol. The molecule has 0 spiro atoms. The van der Waals surface area contributed by atoms with Gasteiger partial charge in [-0.3, -0.25) is 4.79 Å². The van der Waals surface area contributed by atoms with Gasteiger partial charge in [0.2, 0.25) is 15.9 Å². The van der Waals surface area contributed by atoms with Crippen LogP contribution in [0.15, 0.2) is 30.3 Å². The number of sulfonamides is 1. The molecule has 23 heavy (non-hydrogen) atoms. The molecule has 0 aliphatic rings. The molecule has 0 saturated heterocycles. The van der Waals surface area contributed by atoms with Gasteiger partial charge in [0, 0.05) is 19.6 Å². The van der Waals surface area contributed by atoms with Crippen LogP contribution < -0.4 is 5.32 Å². The molecule has 1 aromatic rings. The minimum Gasteiger partial charge on any atom is -0.354 e. The molecule has 0 aromatic heterocycles. The van der Waals surface area contributed by atoms with Crippen molar-refractivity contribution in [2.24, 2.45) is 0 Å². The zero-order valence-corrected chi connectivity index (χ0v) is 15.0. The molecule has 0 saturated carbocycles. The number of nitrogens with zero attached hydrogens (tertiary/aromatic N) is 2. The van der Waals surface area contributed by atoms with Gasteiger partial charge in [0.25, 0.3) is 0 Å². The second-order valence-electron chi connectivity index (χ2n) is 5.84. The highest BCUT2D eigenvalue weighted by Crippen LogP contribution is 2.06. The molecule has 0 fully saturated rings. The fourth-order valence-electron chi connectivity index (χ4n) is 2.10. The van der Waals surface area contributed by atoms with Crippen LogP contribution in [0.25, 0.3) is 0 Å². The lowest BCUT2D eigenvalue weighted by Crippen LogP contribution is -2.42. The van der Waals surface area contributed by atoms with E-state index < -0.39 is 10.0 Å². The van der Waals surface area contributed by atoms with Crippen molar-refractivity contribution < 1.29 is 13.2 Å². The first-order valence-corrected chi connectivity index (χ1v) is 9.54. The summed E-state index contributed by atoms with van der Waals surface area (Å²) in [7, 11) is 0.437. The summed E-state index contributed by atoms with van der Waals surface area (Å²) in [4.78, 5) is 13.8. The lowest BCUT2D eigenvalue weighted by molar-refractivity contribution is -0.121. The maximum Gasteiger partial charge on any atom is 0.235 e. The Morgan fingerprint density at radius 2 is 1.78 bits per heavy atom. The van der Waals surface area contributed by atoms with Crippen molar-refractivity contribution in [3.05, 3.63) is 35.9 Å². The van der Waals surface area contributed by atoms with E-state index in [4.69, 9.17) is 0 Å². The van der Waals surface area contributed by atoms with Gasteiger partial charge in [-0.1, -0.05) is 30.3 Å². The number of hydrogen-bond acceptors (Lipinski definition) is 4. The largest absolute Gasteiger partial charge is 0.354 e. The van der Waals surface area contributed by atoms with E-state index in [0.717, 1.165) is 24.8 Å². The molecular weight excluding hydrogens is 314 g/mol. The number of likely N-dealkylation sites (N-methyl/N-ethyl adjacent to an activating group) is 1. The van der Waals surface area contributed by atoms with E-state index in [1.165, 1.54) is 4.31 Å². The van der Waals surface area contributed by atoms with Gasteiger partial charge in [-0.15, -0.1) is 0 Å². The Bertz CT molecular complexity index is 573. The Labute approximate surface area is 139 Å². The molecule has 0 aliphatic heterocycles. The number of carbonyl (C=O) groups excluding carboxylic acids is 1. The smallest absolute Gasteiger partial charge is 0.235 e. The number of nitrogens with one attached hydrogen (secondary N) is 1. The van der Waals surface area contributed by atoms with Crippen LogP contribution in [0.1, 0.15) is 12.0 Å². The standard InChI is InChI=1S/C16H27N3O3S/c1-18(2)13-11-17-16(20)14-19(23(3,21)22)12-7-10-15-8-5-4-6-9-15/h4-6,8-9H,7,10-14H2,1-3H3,(H,17,20). The van der Waals surface area contributed by atoms with Crippen LogP contribution in [0.5, 0.6) is 0 Å². The third-order valence-electron chi connectivity index (χ3n) is 3.39. The van der Waals surface area contributed by atoms with Crippen LogP contribution >= 0.6 is 0 Å². The zero-order chi connectivity index (χ0) is 17.3. The van der Waals surface area contributed by atoms with Crippen LogP contribution in [0, 0.1) is 0 Å². The van der Waals surface area contributed by atoms with Crippen molar-refractivity contribution in [1.82, 2.24) is 14.5 Å². The van der Waals surface area contributed by atoms with Gasteiger partial charge in [0.1, 0.15) is 0 Å². The van der Waals surface area contributed by atoms with Crippen molar-refractivity contribution in [2.45, 2.75) is 12.8 Å². The highest BCUT2D eigenvalue weighted by Gasteiger charge is 2.19. The summed E-state index contributed by atoms with van der Waals surface area (Å²) in [6, 6.07) is 9.89. The fourth-order valence-corrected chi connectivity index (χ4v) is 2.91. The van der Waals surface area contributed by atoms with Crippen molar-refractivity contribution in [3.8, 4) is 0 Å². The number of hydrogen-bond donors (Lipinski definition) is 1. The first-order chi connectivity index (χ1) is 10.8. The second-order valence-corrected chi connectivity index (χ2v) is 7.82. The third kappa shape index (κ3) is 8.68. The van der Waals surface area contributed by atoms with Crippen LogP contribution in [-0.2, 0) is 21.2 Å². The van der Waals surface area contributed by atoms with Gasteiger partial charge < -0.3 is 10.2 Å². The van der Waals surface area contributed by atoms with Gasteiger partial charge >= 0.3 is 0 Å². The predicted molar refractivity (Wildman–Crippen MR) is 92.7 cm³/mol. The molecule has 7 heteroatoms. The molecule has 0 heterocycles. The monoisotopic (exact) mass is 341 g/mol. The van der Waals surface area contributed by atoms with E-state index in [1.807, 2.05) is 49.3 Å². The predicted octanol–water partition coefficient (Wildman–Crippen LogP) is 0.559. The SMILES string of the molecule is CN(C)CCNC(=O)CN(CCCc1ccccc1)S(C)(=O)=O. The number of benzene rings is 1. The van der Waals surface area contributed by atoms with E-state index in [0.29, 0.717) is 19.5 Å². The number of carbonyl (C=O) groups is 1. The molecular formula is C16H27N3O3S. The summed E-state index contributed by atoms with van der Waals surface area (Å²) < 4.78 is 24.9. The van der Waals surface area contributed by atoms with Crippen LogP contribution in [0.4, 0.5) is 0 Å². The summed E-state index contributed by atoms with van der Waals surface area (Å²) in [6.45, 7) is 1.45. The van der Waals surface area contributed by atoms with E-state index in [9.17, 15) is 13.2 Å². The number of amides is 1. The Morgan fingerprint density at radius 1 is 1.13 bits per heavy atom. The zero-order valence-electron chi connectivity index (χ0n) is 14.2. The number of rotatable bonds is 10. The molecule has 6 nitrogen and oxygen atoms in total. The van der Waals surface area contributed by atoms with E-state index in [-0.39, 0.29) is 12.5 Å². The molecule has 0 atom stereocenters. The topological polar surface area (TPSA) is 69.7 Å². The van der Waals surface area contributed by atoms with Crippen molar-refractivity contribution in [1.29, 1.82) is 0 Å². The molecule has 1 amide bonds. The van der Waals surface area contributed by atoms with E-state index >= 15 is 0 Å². The molecule has 1 N–H and O–H groups in total. The summed E-state index contributed by atoms with van der Waals surface area (Å²) in [5, 5.41) is 2.74. The first kappa shape index (κ1) is 19.6. The first-order valence-electron chi connectivity index (χ1n) is 7.69. The lowest BCUT2D eigenvalue weighted by Gasteiger charge is -2.20. The summed E-state index contributed by atoms with van der Waals surface area (Å²) >= 11 is 0. The van der Waals surface area contributed by atoms with Gasteiger partial charge in [-0.2, -0.15) is 4.31 Å². The normalized spacial score (nSPS) is 11.9.